The van der Waals surface area contributed by atoms with Gasteiger partial charge in [0, 0.05) is 13.0 Å². The highest BCUT2D eigenvalue weighted by molar-refractivity contribution is 5.90. The van der Waals surface area contributed by atoms with Crippen molar-refractivity contribution in [3.8, 4) is 5.75 Å². The van der Waals surface area contributed by atoms with Crippen molar-refractivity contribution in [2.75, 3.05) is 5.73 Å². The fraction of sp³-hybridized carbons (Fsp3) is 0.381. The second kappa shape index (κ2) is 8.20. The number of nitrogens with two attached hydrogens (primary N) is 1. The summed E-state index contributed by atoms with van der Waals surface area (Å²) in [7, 11) is 0. The number of rotatable bonds is 7. The van der Waals surface area contributed by atoms with Crippen molar-refractivity contribution in [1.29, 1.82) is 0 Å². The Morgan fingerprint density at radius 3 is 2.59 bits per heavy atom. The third kappa shape index (κ3) is 4.27. The summed E-state index contributed by atoms with van der Waals surface area (Å²) in [6, 6.07) is 7.25. The normalized spacial score (nSPS) is 11.9. The summed E-state index contributed by atoms with van der Waals surface area (Å²) >= 11 is 0. The lowest BCUT2D eigenvalue weighted by Gasteiger charge is -2.11. The van der Waals surface area contributed by atoms with Gasteiger partial charge in [0.05, 0.1) is 0 Å². The molecule has 6 heteroatoms. The van der Waals surface area contributed by atoms with Crippen LogP contribution in [-0.2, 0) is 13.0 Å². The summed E-state index contributed by atoms with van der Waals surface area (Å²) in [5.74, 6) is 2.01. The summed E-state index contributed by atoms with van der Waals surface area (Å²) in [6.07, 6.45) is 7.11. The van der Waals surface area contributed by atoms with E-state index < -0.39 is 0 Å². The van der Waals surface area contributed by atoms with Gasteiger partial charge in [0.1, 0.15) is 28.3 Å². The average Bonchev–Trinajstić information content (AvgIpc) is 3.00. The van der Waals surface area contributed by atoms with E-state index >= 15 is 0 Å². The van der Waals surface area contributed by atoms with Gasteiger partial charge >= 0.3 is 0 Å². The molecule has 0 aliphatic carbocycles. The van der Waals surface area contributed by atoms with Crippen molar-refractivity contribution < 1.29 is 5.11 Å². The van der Waals surface area contributed by atoms with Crippen LogP contribution < -0.4 is 5.73 Å². The van der Waals surface area contributed by atoms with Crippen LogP contribution in [0.15, 0.2) is 30.3 Å². The van der Waals surface area contributed by atoms with Crippen LogP contribution >= 0.6 is 0 Å². The molecular formula is C21H27N5O. The Balaban J connectivity index is 2.16. The van der Waals surface area contributed by atoms with Gasteiger partial charge < -0.3 is 15.4 Å². The number of nitrogens with zero attached hydrogens (tertiary/aromatic N) is 4. The zero-order valence-corrected chi connectivity index (χ0v) is 16.2. The molecule has 0 fully saturated rings. The summed E-state index contributed by atoms with van der Waals surface area (Å²) in [5.41, 5.74) is 9.58. The number of anilines is 1. The van der Waals surface area contributed by atoms with Gasteiger partial charge in [-0.2, -0.15) is 0 Å². The van der Waals surface area contributed by atoms with E-state index in [4.69, 9.17) is 10.7 Å². The monoisotopic (exact) mass is 365 g/mol. The van der Waals surface area contributed by atoms with Gasteiger partial charge in [0.15, 0.2) is 5.82 Å². The second-order valence-corrected chi connectivity index (χ2v) is 7.16. The first kappa shape index (κ1) is 18.9. The fourth-order valence-corrected chi connectivity index (χ4v) is 3.02. The van der Waals surface area contributed by atoms with E-state index in [0.29, 0.717) is 23.8 Å². The first-order valence-corrected chi connectivity index (χ1v) is 9.47. The zero-order chi connectivity index (χ0) is 19.4. The number of aromatic hydroxyl groups is 1. The Morgan fingerprint density at radius 1 is 1.19 bits per heavy atom. The van der Waals surface area contributed by atoms with E-state index in [0.717, 1.165) is 41.9 Å². The minimum Gasteiger partial charge on any atom is -0.508 e. The summed E-state index contributed by atoms with van der Waals surface area (Å²) in [5, 5.41) is 18.0. The number of aryl methyl sites for hydroxylation is 1. The van der Waals surface area contributed by atoms with Crippen LogP contribution in [0.4, 0.5) is 5.82 Å². The molecule has 0 aliphatic rings. The van der Waals surface area contributed by atoms with E-state index in [-0.39, 0.29) is 5.75 Å². The number of imidazole rings is 1. The third-order valence-electron chi connectivity index (χ3n) is 4.47. The molecule has 3 rings (SSSR count). The standard InChI is InChI=1S/C21H27N5O/c1-4-5-6-18-23-19-20(17(12-7-14(2)3)24-25-21(19)22)26(18)13-15-8-10-16(27)11-9-15/h7-12,14,27H,4-6,13H2,1-3H3,(H2,22,25)/b12-7+. The lowest BCUT2D eigenvalue weighted by atomic mass is 10.1. The largest absolute Gasteiger partial charge is 0.508 e. The molecule has 0 atom stereocenters. The van der Waals surface area contributed by atoms with Crippen LogP contribution in [0.3, 0.4) is 0 Å². The molecule has 27 heavy (non-hydrogen) atoms. The quantitative estimate of drug-likeness (QED) is 0.656. The minimum absolute atomic E-state index is 0.260. The number of phenols is 1. The van der Waals surface area contributed by atoms with E-state index in [1.54, 1.807) is 12.1 Å². The number of unbranched alkanes of at least 4 members (excludes halogenated alkanes) is 1. The minimum atomic E-state index is 0.260. The first-order valence-electron chi connectivity index (χ1n) is 9.47. The topological polar surface area (TPSA) is 89.9 Å². The number of hydrogen-bond donors (Lipinski definition) is 2. The summed E-state index contributed by atoms with van der Waals surface area (Å²) < 4.78 is 2.18. The van der Waals surface area contributed by atoms with Gasteiger partial charge in [-0.15, -0.1) is 10.2 Å². The molecule has 0 saturated heterocycles. The average molecular weight is 365 g/mol. The number of phenolic OH excluding ortho intramolecular Hbond substituents is 1. The van der Waals surface area contributed by atoms with E-state index in [1.807, 2.05) is 18.2 Å². The highest BCUT2D eigenvalue weighted by Crippen LogP contribution is 2.26. The van der Waals surface area contributed by atoms with Crippen LogP contribution in [0.5, 0.6) is 5.75 Å². The predicted molar refractivity (Wildman–Crippen MR) is 109 cm³/mol. The molecule has 142 valence electrons. The zero-order valence-electron chi connectivity index (χ0n) is 16.2. The van der Waals surface area contributed by atoms with Crippen molar-refractivity contribution >= 4 is 22.9 Å². The molecule has 0 amide bonds. The molecule has 0 radical (unpaired) electrons. The van der Waals surface area contributed by atoms with Crippen LogP contribution in [0.2, 0.25) is 0 Å². The maximum atomic E-state index is 9.56. The SMILES string of the molecule is CCCCc1nc2c(N)nnc(/C=C/C(C)C)c2n1Cc1ccc(O)cc1. The van der Waals surface area contributed by atoms with Crippen molar-refractivity contribution in [1.82, 2.24) is 19.7 Å². The van der Waals surface area contributed by atoms with Crippen LogP contribution in [0.25, 0.3) is 17.1 Å². The second-order valence-electron chi connectivity index (χ2n) is 7.16. The maximum Gasteiger partial charge on any atom is 0.174 e. The first-order chi connectivity index (χ1) is 13.0. The maximum absolute atomic E-state index is 9.56. The smallest absolute Gasteiger partial charge is 0.174 e. The Bertz CT molecular complexity index is 941. The Labute approximate surface area is 159 Å². The molecule has 1 aromatic carbocycles. The van der Waals surface area contributed by atoms with E-state index in [9.17, 15) is 5.11 Å². The van der Waals surface area contributed by atoms with E-state index in [1.165, 1.54) is 0 Å². The molecule has 0 aliphatic heterocycles. The van der Waals surface area contributed by atoms with Gasteiger partial charge in [0.2, 0.25) is 0 Å². The van der Waals surface area contributed by atoms with Gasteiger partial charge in [-0.1, -0.05) is 45.4 Å². The third-order valence-corrected chi connectivity index (χ3v) is 4.47. The Morgan fingerprint density at radius 2 is 1.93 bits per heavy atom. The summed E-state index contributed by atoms with van der Waals surface area (Å²) in [6.45, 7) is 7.06. The molecule has 3 N–H and O–H groups in total. The van der Waals surface area contributed by atoms with Crippen molar-refractivity contribution in [3.05, 3.63) is 47.4 Å². The van der Waals surface area contributed by atoms with Crippen molar-refractivity contribution in [3.63, 3.8) is 0 Å². The van der Waals surface area contributed by atoms with Gasteiger partial charge in [-0.05, 0) is 36.1 Å². The molecule has 2 heterocycles. The summed E-state index contributed by atoms with van der Waals surface area (Å²) in [4.78, 5) is 4.80. The van der Waals surface area contributed by atoms with Crippen LogP contribution in [0.1, 0.15) is 50.7 Å². The Kier molecular flexibility index (Phi) is 5.74. The number of allylic oxidation sites excluding steroid dienone is 1. The lowest BCUT2D eigenvalue weighted by molar-refractivity contribution is 0.475. The number of aromatic nitrogens is 4. The van der Waals surface area contributed by atoms with Gasteiger partial charge in [-0.3, -0.25) is 0 Å². The van der Waals surface area contributed by atoms with Crippen molar-refractivity contribution in [2.24, 2.45) is 5.92 Å². The lowest BCUT2D eigenvalue weighted by Crippen LogP contribution is -2.07. The molecule has 3 aromatic rings. The molecule has 0 spiro atoms. The predicted octanol–water partition coefficient (Wildman–Crippen LogP) is 4.17. The molecule has 0 saturated carbocycles. The van der Waals surface area contributed by atoms with Gasteiger partial charge in [-0.25, -0.2) is 4.98 Å². The van der Waals surface area contributed by atoms with Crippen LogP contribution in [-0.4, -0.2) is 24.9 Å². The molecule has 0 unspecified atom stereocenters. The highest BCUT2D eigenvalue weighted by atomic mass is 16.3. The molecular weight excluding hydrogens is 338 g/mol. The van der Waals surface area contributed by atoms with Crippen molar-refractivity contribution in [2.45, 2.75) is 46.6 Å². The fourth-order valence-electron chi connectivity index (χ4n) is 3.02. The number of hydrogen-bond acceptors (Lipinski definition) is 5. The number of benzene rings is 1. The number of nitrogen functional groups attached to an aromatic ring is 1. The van der Waals surface area contributed by atoms with Crippen LogP contribution in [0, 0.1) is 5.92 Å². The number of fused-ring (bicyclic) bond motifs is 1. The molecule has 6 nitrogen and oxygen atoms in total. The molecule has 0 bridgehead atoms. The van der Waals surface area contributed by atoms with E-state index in [2.05, 4.69) is 41.6 Å². The van der Waals surface area contributed by atoms with Gasteiger partial charge in [0.25, 0.3) is 0 Å². The highest BCUT2D eigenvalue weighted by Gasteiger charge is 2.17. The Hall–Kier alpha value is -2.89. The molecule has 2 aromatic heterocycles.